The molecule has 2 rings (SSSR count). The Labute approximate surface area is 125 Å². The standard InChI is InChI=1S/C11H14BrN5O2S/c1-6-4-8(12)5-14-11(6)16-20(18,19)9-7(2)17(3)15-10(9)13/h4-5H,1-3H3,(H2,13,15)(H,14,16). The van der Waals surface area contributed by atoms with E-state index >= 15 is 0 Å². The highest BCUT2D eigenvalue weighted by molar-refractivity contribution is 9.10. The Balaban J connectivity index is 2.46. The highest BCUT2D eigenvalue weighted by Gasteiger charge is 2.25. The van der Waals surface area contributed by atoms with Crippen molar-refractivity contribution in [2.24, 2.45) is 7.05 Å². The van der Waals surface area contributed by atoms with E-state index in [1.54, 1.807) is 27.0 Å². The molecule has 9 heteroatoms. The number of aromatic nitrogens is 3. The Hall–Kier alpha value is -1.61. The number of anilines is 2. The topological polar surface area (TPSA) is 103 Å². The first kappa shape index (κ1) is 14.8. The van der Waals surface area contributed by atoms with E-state index in [1.165, 1.54) is 10.9 Å². The summed E-state index contributed by atoms with van der Waals surface area (Å²) in [6.45, 7) is 3.40. The molecule has 0 fully saturated rings. The van der Waals surface area contributed by atoms with E-state index in [2.05, 4.69) is 30.7 Å². The fourth-order valence-corrected chi connectivity index (χ4v) is 3.63. The molecular formula is C11H14BrN5O2S. The molecule has 0 aromatic carbocycles. The molecule has 2 heterocycles. The van der Waals surface area contributed by atoms with Crippen molar-refractivity contribution in [2.75, 3.05) is 10.5 Å². The second-order valence-corrected chi connectivity index (χ2v) is 6.88. The molecule has 20 heavy (non-hydrogen) atoms. The lowest BCUT2D eigenvalue weighted by Crippen LogP contribution is -2.16. The molecule has 0 atom stereocenters. The molecule has 2 aromatic rings. The summed E-state index contributed by atoms with van der Waals surface area (Å²) in [6.07, 6.45) is 1.52. The molecule has 0 aliphatic rings. The summed E-state index contributed by atoms with van der Waals surface area (Å²) in [5.74, 6) is 0.225. The lowest BCUT2D eigenvalue weighted by molar-refractivity contribution is 0.600. The van der Waals surface area contributed by atoms with Gasteiger partial charge >= 0.3 is 0 Å². The van der Waals surface area contributed by atoms with Crippen molar-refractivity contribution in [3.05, 3.63) is 28.0 Å². The zero-order valence-corrected chi connectivity index (χ0v) is 13.6. The zero-order valence-electron chi connectivity index (χ0n) is 11.2. The molecule has 0 amide bonds. The van der Waals surface area contributed by atoms with Gasteiger partial charge in [0.15, 0.2) is 10.7 Å². The van der Waals surface area contributed by atoms with Gasteiger partial charge < -0.3 is 5.73 Å². The molecule has 0 bridgehead atoms. The fraction of sp³-hybridized carbons (Fsp3) is 0.273. The normalized spacial score (nSPS) is 11.6. The van der Waals surface area contributed by atoms with E-state index in [1.807, 2.05) is 0 Å². The minimum Gasteiger partial charge on any atom is -0.381 e. The van der Waals surface area contributed by atoms with Crippen LogP contribution in [0, 0.1) is 13.8 Å². The van der Waals surface area contributed by atoms with Crippen LogP contribution in [-0.2, 0) is 17.1 Å². The predicted molar refractivity (Wildman–Crippen MR) is 79.8 cm³/mol. The number of hydrogen-bond acceptors (Lipinski definition) is 5. The van der Waals surface area contributed by atoms with Crippen LogP contribution in [0.5, 0.6) is 0 Å². The van der Waals surface area contributed by atoms with Gasteiger partial charge in [-0.3, -0.25) is 9.40 Å². The third-order valence-corrected chi connectivity index (χ3v) is 4.79. The molecule has 3 N–H and O–H groups in total. The number of nitrogen functional groups attached to an aromatic ring is 1. The van der Waals surface area contributed by atoms with Gasteiger partial charge in [0.05, 0.1) is 5.69 Å². The van der Waals surface area contributed by atoms with E-state index in [4.69, 9.17) is 5.73 Å². The number of nitrogens with zero attached hydrogens (tertiary/aromatic N) is 3. The van der Waals surface area contributed by atoms with E-state index in [0.29, 0.717) is 11.3 Å². The van der Waals surface area contributed by atoms with Gasteiger partial charge in [-0.15, -0.1) is 0 Å². The van der Waals surface area contributed by atoms with Gasteiger partial charge in [-0.2, -0.15) is 5.10 Å². The van der Waals surface area contributed by atoms with Crippen LogP contribution in [0.1, 0.15) is 11.3 Å². The van der Waals surface area contributed by atoms with Gasteiger partial charge in [0, 0.05) is 17.7 Å². The second kappa shape index (κ2) is 5.06. The molecule has 2 aromatic heterocycles. The van der Waals surface area contributed by atoms with Crippen LogP contribution >= 0.6 is 15.9 Å². The van der Waals surface area contributed by atoms with E-state index in [9.17, 15) is 8.42 Å². The van der Waals surface area contributed by atoms with Crippen molar-refractivity contribution in [1.82, 2.24) is 14.8 Å². The first-order valence-electron chi connectivity index (χ1n) is 5.66. The van der Waals surface area contributed by atoms with Gasteiger partial charge in [-0.05, 0) is 41.4 Å². The van der Waals surface area contributed by atoms with Crippen LogP contribution in [-0.4, -0.2) is 23.2 Å². The Bertz CT molecular complexity index is 769. The van der Waals surface area contributed by atoms with Crippen LogP contribution in [0.25, 0.3) is 0 Å². The quantitative estimate of drug-likeness (QED) is 0.865. The Kier molecular flexibility index (Phi) is 3.74. The Morgan fingerprint density at radius 3 is 2.55 bits per heavy atom. The first-order chi connectivity index (χ1) is 9.22. The summed E-state index contributed by atoms with van der Waals surface area (Å²) < 4.78 is 29.4. The number of nitrogens with one attached hydrogen (secondary N) is 1. The summed E-state index contributed by atoms with van der Waals surface area (Å²) in [6, 6.07) is 1.77. The van der Waals surface area contributed by atoms with Gasteiger partial charge in [0.25, 0.3) is 10.0 Å². The molecule has 108 valence electrons. The van der Waals surface area contributed by atoms with E-state index in [-0.39, 0.29) is 16.5 Å². The third-order valence-electron chi connectivity index (χ3n) is 2.85. The smallest absolute Gasteiger partial charge is 0.268 e. The van der Waals surface area contributed by atoms with Crippen LogP contribution in [0.15, 0.2) is 21.6 Å². The molecular weight excluding hydrogens is 346 g/mol. The van der Waals surface area contributed by atoms with Crippen molar-refractivity contribution in [3.63, 3.8) is 0 Å². The summed E-state index contributed by atoms with van der Waals surface area (Å²) in [7, 11) is -2.19. The third kappa shape index (κ3) is 2.63. The number of sulfonamides is 1. The van der Waals surface area contributed by atoms with E-state index < -0.39 is 10.0 Å². The fourth-order valence-electron chi connectivity index (χ4n) is 1.77. The number of pyridine rings is 1. The number of nitrogens with two attached hydrogens (primary N) is 1. The molecule has 7 nitrogen and oxygen atoms in total. The molecule has 0 radical (unpaired) electrons. The Morgan fingerprint density at radius 1 is 1.40 bits per heavy atom. The maximum atomic E-state index is 12.4. The maximum Gasteiger partial charge on any atom is 0.268 e. The number of rotatable bonds is 3. The SMILES string of the molecule is Cc1cc(Br)cnc1NS(=O)(=O)c1c(N)nn(C)c1C. The summed E-state index contributed by atoms with van der Waals surface area (Å²) in [5, 5.41) is 3.90. The second-order valence-electron chi connectivity index (χ2n) is 4.35. The van der Waals surface area contributed by atoms with Crippen molar-refractivity contribution in [1.29, 1.82) is 0 Å². The number of aryl methyl sites for hydroxylation is 2. The zero-order chi connectivity index (χ0) is 15.1. The van der Waals surface area contributed by atoms with Crippen molar-refractivity contribution in [2.45, 2.75) is 18.7 Å². The molecule has 0 aliphatic carbocycles. The maximum absolute atomic E-state index is 12.4. The van der Waals surface area contributed by atoms with Crippen LogP contribution in [0.4, 0.5) is 11.6 Å². The largest absolute Gasteiger partial charge is 0.381 e. The highest BCUT2D eigenvalue weighted by atomic mass is 79.9. The average Bonchev–Trinajstić information content (AvgIpc) is 2.57. The minimum absolute atomic E-state index is 0.0240. The van der Waals surface area contributed by atoms with Crippen molar-refractivity contribution < 1.29 is 8.42 Å². The number of hydrogen-bond donors (Lipinski definition) is 2. The van der Waals surface area contributed by atoms with Gasteiger partial charge in [0.2, 0.25) is 0 Å². The van der Waals surface area contributed by atoms with Gasteiger partial charge in [-0.1, -0.05) is 0 Å². The summed E-state index contributed by atoms with van der Waals surface area (Å²) >= 11 is 3.27. The monoisotopic (exact) mass is 359 g/mol. The lowest BCUT2D eigenvalue weighted by Gasteiger charge is -2.09. The highest BCUT2D eigenvalue weighted by Crippen LogP contribution is 2.25. The molecule has 0 aliphatic heterocycles. The Morgan fingerprint density at radius 2 is 2.05 bits per heavy atom. The minimum atomic E-state index is -3.83. The number of halogens is 1. The van der Waals surface area contributed by atoms with Gasteiger partial charge in [0.1, 0.15) is 5.82 Å². The van der Waals surface area contributed by atoms with E-state index in [0.717, 1.165) is 4.47 Å². The van der Waals surface area contributed by atoms with Crippen molar-refractivity contribution >= 4 is 37.6 Å². The average molecular weight is 360 g/mol. The summed E-state index contributed by atoms with van der Waals surface area (Å²) in [5.41, 5.74) is 6.83. The molecule has 0 unspecified atom stereocenters. The first-order valence-corrected chi connectivity index (χ1v) is 7.94. The predicted octanol–water partition coefficient (Wildman–Crippen LogP) is 1.58. The summed E-state index contributed by atoms with van der Waals surface area (Å²) in [4.78, 5) is 4.03. The molecule has 0 saturated carbocycles. The lowest BCUT2D eigenvalue weighted by atomic mass is 10.3. The van der Waals surface area contributed by atoms with Crippen molar-refractivity contribution in [3.8, 4) is 0 Å². The van der Waals surface area contributed by atoms with Crippen LogP contribution in [0.2, 0.25) is 0 Å². The molecule has 0 saturated heterocycles. The molecule has 0 spiro atoms. The van der Waals surface area contributed by atoms with Gasteiger partial charge in [-0.25, -0.2) is 13.4 Å². The van der Waals surface area contributed by atoms with Crippen LogP contribution < -0.4 is 10.5 Å². The van der Waals surface area contributed by atoms with Crippen LogP contribution in [0.3, 0.4) is 0 Å².